The van der Waals surface area contributed by atoms with Gasteiger partial charge in [-0.3, -0.25) is 9.59 Å². The predicted octanol–water partition coefficient (Wildman–Crippen LogP) is 2.49. The summed E-state index contributed by atoms with van der Waals surface area (Å²) in [6.07, 6.45) is 3.89. The van der Waals surface area contributed by atoms with Crippen LogP contribution in [0.3, 0.4) is 0 Å². The van der Waals surface area contributed by atoms with E-state index in [2.05, 4.69) is 27.4 Å². The van der Waals surface area contributed by atoms with E-state index in [0.717, 1.165) is 16.9 Å². The van der Waals surface area contributed by atoms with Gasteiger partial charge < -0.3 is 15.0 Å². The summed E-state index contributed by atoms with van der Waals surface area (Å²) in [5.41, 5.74) is 3.10. The van der Waals surface area contributed by atoms with Gasteiger partial charge in [0, 0.05) is 37.8 Å². The second kappa shape index (κ2) is 7.67. The van der Waals surface area contributed by atoms with E-state index in [1.54, 1.807) is 6.20 Å². The lowest BCUT2D eigenvalue weighted by Crippen LogP contribution is -2.53. The number of carbonyl (C=O) groups excluding carboxylic acids is 2. The van der Waals surface area contributed by atoms with E-state index in [-0.39, 0.29) is 17.7 Å². The molecule has 1 saturated carbocycles. The molecule has 1 aliphatic carbocycles. The molecule has 1 atom stereocenters. The highest BCUT2D eigenvalue weighted by Crippen LogP contribution is 2.34. The number of hydrogen-bond acceptors (Lipinski definition) is 5. The summed E-state index contributed by atoms with van der Waals surface area (Å²) in [4.78, 5) is 26.1. The van der Waals surface area contributed by atoms with Crippen molar-refractivity contribution in [1.82, 2.24) is 15.1 Å². The van der Waals surface area contributed by atoms with E-state index in [0.29, 0.717) is 31.7 Å². The average Bonchev–Trinajstić information content (AvgIpc) is 3.28. The molecule has 1 N–H and O–H groups in total. The number of rotatable bonds is 5. The molecule has 2 aliphatic rings. The van der Waals surface area contributed by atoms with Crippen LogP contribution in [0.4, 0.5) is 5.69 Å². The second-order valence-corrected chi connectivity index (χ2v) is 7.72. The van der Waals surface area contributed by atoms with Crippen molar-refractivity contribution >= 4 is 17.4 Å². The van der Waals surface area contributed by atoms with Crippen molar-refractivity contribution < 1.29 is 14.3 Å². The molecule has 1 unspecified atom stereocenters. The smallest absolute Gasteiger partial charge is 0.263 e. The monoisotopic (exact) mass is 402 g/mol. The van der Waals surface area contributed by atoms with Crippen LogP contribution in [0.2, 0.25) is 0 Å². The Bertz CT molecular complexity index is 1050. The Hall–Kier alpha value is -3.61. The molecule has 0 saturated heterocycles. The largest absolute Gasteiger partial charge is 0.477 e. The molecule has 2 aromatic carbocycles. The van der Waals surface area contributed by atoms with E-state index in [4.69, 9.17) is 4.74 Å². The molecule has 30 heavy (non-hydrogen) atoms. The number of ketones is 1. The number of benzene rings is 2. The third-order valence-corrected chi connectivity index (χ3v) is 5.53. The van der Waals surface area contributed by atoms with Gasteiger partial charge in [-0.1, -0.05) is 24.3 Å². The summed E-state index contributed by atoms with van der Waals surface area (Å²) in [5, 5.41) is 7.19. The lowest BCUT2D eigenvalue weighted by molar-refractivity contribution is -0.132. The highest BCUT2D eigenvalue weighted by Gasteiger charge is 2.34. The molecular weight excluding hydrogens is 380 g/mol. The van der Waals surface area contributed by atoms with Crippen LogP contribution < -0.4 is 15.0 Å². The normalized spacial score (nSPS) is 18.3. The zero-order chi connectivity index (χ0) is 20.5. The van der Waals surface area contributed by atoms with Gasteiger partial charge >= 0.3 is 0 Å². The summed E-state index contributed by atoms with van der Waals surface area (Å²) in [5.74, 6) is 0.721. The molecule has 1 aliphatic heterocycles. The number of hydrogen-bond donors (Lipinski definition) is 1. The molecule has 0 radical (unpaired) electrons. The summed E-state index contributed by atoms with van der Waals surface area (Å²) in [7, 11) is 0. The maximum atomic E-state index is 12.7. The van der Waals surface area contributed by atoms with Gasteiger partial charge in [-0.25, -0.2) is 4.68 Å². The number of nitrogens with one attached hydrogen (secondary N) is 1. The lowest BCUT2D eigenvalue weighted by atomic mass is 9.91. The first-order valence-electron chi connectivity index (χ1n) is 10.1. The van der Waals surface area contributed by atoms with Crippen molar-refractivity contribution in [3.8, 4) is 11.4 Å². The molecule has 1 aromatic heterocycles. The van der Waals surface area contributed by atoms with Crippen LogP contribution in [-0.4, -0.2) is 40.2 Å². The van der Waals surface area contributed by atoms with Crippen molar-refractivity contribution in [3.63, 3.8) is 0 Å². The first kappa shape index (κ1) is 18.4. The zero-order valence-corrected chi connectivity index (χ0v) is 16.4. The first-order valence-corrected chi connectivity index (χ1v) is 10.1. The van der Waals surface area contributed by atoms with Gasteiger partial charge in [-0.2, -0.15) is 5.10 Å². The third-order valence-electron chi connectivity index (χ3n) is 5.53. The van der Waals surface area contributed by atoms with Crippen LogP contribution >= 0.6 is 0 Å². The summed E-state index contributed by atoms with van der Waals surface area (Å²) >= 11 is 0. The Balaban J connectivity index is 1.32. The fourth-order valence-electron chi connectivity index (χ4n) is 3.88. The summed E-state index contributed by atoms with van der Waals surface area (Å²) in [6.45, 7) is 1.11. The van der Waals surface area contributed by atoms with Crippen LogP contribution in [0, 0.1) is 0 Å². The fraction of sp³-hybridized carbons (Fsp3) is 0.261. The SMILES string of the molecule is O=C1CC(NC(=O)C2CN(Cc3ccc(-n4cccn4)cc3)c3ccccc3O2)C1. The number of para-hydroxylation sites is 2. The van der Waals surface area contributed by atoms with Crippen molar-refractivity contribution in [3.05, 3.63) is 72.6 Å². The minimum atomic E-state index is -0.612. The lowest BCUT2D eigenvalue weighted by Gasteiger charge is -2.36. The Morgan fingerprint density at radius 2 is 1.90 bits per heavy atom. The van der Waals surface area contributed by atoms with Gasteiger partial charge in [0.05, 0.1) is 17.9 Å². The van der Waals surface area contributed by atoms with Crippen LogP contribution in [0.25, 0.3) is 5.69 Å². The molecule has 152 valence electrons. The van der Waals surface area contributed by atoms with Gasteiger partial charge in [0.15, 0.2) is 6.10 Å². The van der Waals surface area contributed by atoms with Gasteiger partial charge in [0.1, 0.15) is 11.5 Å². The van der Waals surface area contributed by atoms with Crippen molar-refractivity contribution in [2.45, 2.75) is 31.5 Å². The Morgan fingerprint density at radius 1 is 1.10 bits per heavy atom. The Kier molecular flexibility index (Phi) is 4.71. The first-order chi connectivity index (χ1) is 14.7. The predicted molar refractivity (Wildman–Crippen MR) is 112 cm³/mol. The number of carbonyl (C=O) groups is 2. The van der Waals surface area contributed by atoms with Crippen molar-refractivity contribution in [1.29, 1.82) is 0 Å². The second-order valence-electron chi connectivity index (χ2n) is 7.72. The summed E-state index contributed by atoms with van der Waals surface area (Å²) < 4.78 is 7.79. The highest BCUT2D eigenvalue weighted by molar-refractivity contribution is 5.89. The van der Waals surface area contributed by atoms with Gasteiger partial charge in [0.25, 0.3) is 5.91 Å². The van der Waals surface area contributed by atoms with Gasteiger partial charge in [0.2, 0.25) is 0 Å². The van der Waals surface area contributed by atoms with E-state index in [1.807, 2.05) is 53.3 Å². The molecule has 3 aromatic rings. The zero-order valence-electron chi connectivity index (χ0n) is 16.4. The molecule has 1 fully saturated rings. The Labute approximate surface area is 174 Å². The average molecular weight is 402 g/mol. The Morgan fingerprint density at radius 3 is 2.63 bits per heavy atom. The van der Waals surface area contributed by atoms with E-state index in [9.17, 15) is 9.59 Å². The minimum absolute atomic E-state index is 0.0611. The number of Topliss-reactive ketones (excluding diaryl/α,β-unsaturated/α-hetero) is 1. The van der Waals surface area contributed by atoms with Crippen LogP contribution in [0.15, 0.2) is 67.0 Å². The summed E-state index contributed by atoms with van der Waals surface area (Å²) in [6, 6.07) is 17.8. The maximum absolute atomic E-state index is 12.7. The topological polar surface area (TPSA) is 76.5 Å². The van der Waals surface area contributed by atoms with E-state index in [1.165, 1.54) is 0 Å². The standard InChI is InChI=1S/C23H22N4O3/c28-19-12-17(13-19)25-23(29)22-15-26(20-4-1-2-5-21(20)30-22)14-16-6-8-18(9-7-16)27-11-3-10-24-27/h1-11,17,22H,12-15H2,(H,25,29). The molecule has 7 heteroatoms. The molecule has 0 bridgehead atoms. The highest BCUT2D eigenvalue weighted by atomic mass is 16.5. The van der Waals surface area contributed by atoms with Crippen LogP contribution in [0.5, 0.6) is 5.75 Å². The molecule has 0 spiro atoms. The quantitative estimate of drug-likeness (QED) is 0.710. The molecule has 1 amide bonds. The number of fused-ring (bicyclic) bond motifs is 1. The molecule has 2 heterocycles. The minimum Gasteiger partial charge on any atom is -0.477 e. The fourth-order valence-corrected chi connectivity index (χ4v) is 3.88. The van der Waals surface area contributed by atoms with Gasteiger partial charge in [-0.05, 0) is 35.9 Å². The van der Waals surface area contributed by atoms with Crippen LogP contribution in [0.1, 0.15) is 18.4 Å². The number of aromatic nitrogens is 2. The van der Waals surface area contributed by atoms with Crippen LogP contribution in [-0.2, 0) is 16.1 Å². The number of anilines is 1. The van der Waals surface area contributed by atoms with E-state index < -0.39 is 6.10 Å². The third kappa shape index (κ3) is 3.66. The van der Waals surface area contributed by atoms with Gasteiger partial charge in [-0.15, -0.1) is 0 Å². The molecule has 5 rings (SSSR count). The molecular formula is C23H22N4O3. The van der Waals surface area contributed by atoms with Crippen molar-refractivity contribution in [2.24, 2.45) is 0 Å². The molecule has 7 nitrogen and oxygen atoms in total. The number of nitrogens with zero attached hydrogens (tertiary/aromatic N) is 3. The van der Waals surface area contributed by atoms with E-state index >= 15 is 0 Å². The number of amides is 1. The van der Waals surface area contributed by atoms with Crippen molar-refractivity contribution in [2.75, 3.05) is 11.4 Å². The maximum Gasteiger partial charge on any atom is 0.263 e. The number of ether oxygens (including phenoxy) is 1.